The predicted octanol–water partition coefficient (Wildman–Crippen LogP) is 3.44. The van der Waals surface area contributed by atoms with E-state index in [0.29, 0.717) is 34.0 Å². The Morgan fingerprint density at radius 1 is 0.974 bits per heavy atom. The monoisotopic (exact) mass is 551 g/mol. The Hall–Kier alpha value is -3.44. The number of imidazole rings is 1. The van der Waals surface area contributed by atoms with E-state index >= 15 is 0 Å². The molecule has 2 aliphatic carbocycles. The van der Waals surface area contributed by atoms with Crippen LogP contribution in [-0.4, -0.2) is 62.6 Å². The lowest BCUT2D eigenvalue weighted by Gasteiger charge is -2.31. The van der Waals surface area contributed by atoms with Gasteiger partial charge in [0.05, 0.1) is 17.8 Å². The molecule has 1 aliphatic heterocycles. The summed E-state index contributed by atoms with van der Waals surface area (Å²) in [5, 5.41) is 21.6. The number of pyridine rings is 1. The molecule has 6 rings (SSSR count). The highest BCUT2D eigenvalue weighted by Crippen LogP contribution is 2.30. The van der Waals surface area contributed by atoms with Crippen molar-refractivity contribution in [1.29, 1.82) is 0 Å². The molecule has 11 nitrogen and oxygen atoms in total. The van der Waals surface area contributed by atoms with Crippen molar-refractivity contribution in [3.63, 3.8) is 0 Å². The maximum atomic E-state index is 13.1. The van der Waals surface area contributed by atoms with Crippen molar-refractivity contribution in [2.75, 3.05) is 29.0 Å². The van der Waals surface area contributed by atoms with Crippen LogP contribution < -0.4 is 26.6 Å². The summed E-state index contributed by atoms with van der Waals surface area (Å²) in [5.41, 5.74) is 2.32. The molecule has 3 fully saturated rings. The van der Waals surface area contributed by atoms with Crippen LogP contribution in [0.2, 0.25) is 5.15 Å². The number of hydrogen-bond acceptors (Lipinski definition) is 8. The molecular weight excluding hydrogens is 518 g/mol. The van der Waals surface area contributed by atoms with Crippen molar-refractivity contribution in [2.24, 2.45) is 5.92 Å². The van der Waals surface area contributed by atoms with Gasteiger partial charge in [-0.3, -0.25) is 9.59 Å². The number of nitrogens with one attached hydrogen (secondary N) is 5. The molecule has 3 aromatic heterocycles. The number of halogens is 1. The molecule has 5 N–H and O–H groups in total. The molecule has 0 bridgehead atoms. The van der Waals surface area contributed by atoms with E-state index in [1.165, 1.54) is 12.4 Å². The summed E-state index contributed by atoms with van der Waals surface area (Å²) in [6.07, 6.45) is 11.0. The molecule has 2 saturated carbocycles. The average molecular weight is 552 g/mol. The lowest BCUT2D eigenvalue weighted by molar-refractivity contribution is -0.126. The molecule has 0 aromatic carbocycles. The van der Waals surface area contributed by atoms with Gasteiger partial charge in [-0.1, -0.05) is 11.6 Å². The number of piperidine rings is 1. The highest BCUT2D eigenvalue weighted by atomic mass is 35.5. The zero-order chi connectivity index (χ0) is 26.8. The minimum atomic E-state index is -0.337. The molecule has 1 saturated heterocycles. The average Bonchev–Trinajstić information content (AvgIpc) is 3.65. The number of amides is 2. The van der Waals surface area contributed by atoms with E-state index in [4.69, 9.17) is 16.7 Å². The fourth-order valence-corrected chi connectivity index (χ4v) is 5.58. The molecule has 39 heavy (non-hydrogen) atoms. The molecule has 0 radical (unpaired) electrons. The Balaban J connectivity index is 1.14. The van der Waals surface area contributed by atoms with E-state index in [0.717, 1.165) is 70.1 Å². The summed E-state index contributed by atoms with van der Waals surface area (Å²) in [7, 11) is 0. The predicted molar refractivity (Wildman–Crippen MR) is 150 cm³/mol. The van der Waals surface area contributed by atoms with E-state index in [9.17, 15) is 9.59 Å². The third-order valence-corrected chi connectivity index (χ3v) is 7.92. The van der Waals surface area contributed by atoms with Crippen LogP contribution in [0.25, 0.3) is 5.65 Å². The van der Waals surface area contributed by atoms with Gasteiger partial charge in [0.25, 0.3) is 5.91 Å². The summed E-state index contributed by atoms with van der Waals surface area (Å²) in [4.78, 5) is 34.3. The molecular formula is C27H34ClN9O2. The van der Waals surface area contributed by atoms with Crippen LogP contribution in [0.1, 0.15) is 61.9 Å². The SMILES string of the molecule is O=C(Nc1ccnc(Cl)c1)c1cnc2c(NC3CC3)cc(NC3CCC(NC(=O)C4CCCNC4)CC3)nn12. The maximum absolute atomic E-state index is 13.1. The number of fused-ring (bicyclic) bond motifs is 1. The zero-order valence-electron chi connectivity index (χ0n) is 21.8. The fraction of sp³-hybridized carbons (Fsp3) is 0.519. The van der Waals surface area contributed by atoms with Crippen molar-refractivity contribution in [3.8, 4) is 0 Å². The Labute approximate surface area is 231 Å². The minimum Gasteiger partial charge on any atom is -0.379 e. The number of carbonyl (C=O) groups excluding carboxylic acids is 2. The third-order valence-electron chi connectivity index (χ3n) is 7.71. The molecule has 3 aromatic rings. The summed E-state index contributed by atoms with van der Waals surface area (Å²) in [5.74, 6) is 0.614. The van der Waals surface area contributed by atoms with Crippen LogP contribution in [-0.2, 0) is 4.79 Å². The molecule has 2 amide bonds. The fourth-order valence-electron chi connectivity index (χ4n) is 5.41. The summed E-state index contributed by atoms with van der Waals surface area (Å²) in [6.45, 7) is 1.78. The molecule has 0 spiro atoms. The van der Waals surface area contributed by atoms with Gasteiger partial charge in [0.2, 0.25) is 5.91 Å². The second-order valence-electron chi connectivity index (χ2n) is 10.8. The first-order valence-corrected chi connectivity index (χ1v) is 14.3. The van der Waals surface area contributed by atoms with Gasteiger partial charge in [-0.25, -0.2) is 14.5 Å². The summed E-state index contributed by atoms with van der Waals surface area (Å²) in [6, 6.07) is 6.11. The number of hydrogen-bond donors (Lipinski definition) is 5. The molecule has 206 valence electrons. The van der Waals surface area contributed by atoms with E-state index in [1.54, 1.807) is 16.6 Å². The first-order valence-electron chi connectivity index (χ1n) is 13.9. The quantitative estimate of drug-likeness (QED) is 0.268. The van der Waals surface area contributed by atoms with Crippen LogP contribution in [0.4, 0.5) is 17.2 Å². The third kappa shape index (κ3) is 6.25. The van der Waals surface area contributed by atoms with Crippen molar-refractivity contribution < 1.29 is 9.59 Å². The Bertz CT molecular complexity index is 1340. The second-order valence-corrected chi connectivity index (χ2v) is 11.2. The summed E-state index contributed by atoms with van der Waals surface area (Å²) >= 11 is 5.97. The first kappa shape index (κ1) is 25.8. The van der Waals surface area contributed by atoms with Crippen molar-refractivity contribution in [3.05, 3.63) is 41.4 Å². The van der Waals surface area contributed by atoms with Crippen LogP contribution in [0, 0.1) is 5.92 Å². The van der Waals surface area contributed by atoms with Crippen LogP contribution >= 0.6 is 11.6 Å². The Morgan fingerprint density at radius 3 is 2.49 bits per heavy atom. The lowest BCUT2D eigenvalue weighted by atomic mass is 9.90. The van der Waals surface area contributed by atoms with Crippen LogP contribution in [0.5, 0.6) is 0 Å². The standard InChI is InChI=1S/C27H34ClN9O2/c28-23-12-20(9-11-30-23)35-27(39)22-15-31-25-21(32-17-3-4-17)13-24(36-37(22)25)33-18-5-7-19(8-6-18)34-26(38)16-2-1-10-29-14-16/h9,11-13,15-19,29,32H,1-8,10,14H2,(H,33,36)(H,34,38)(H,30,35,39). The van der Waals surface area contributed by atoms with Gasteiger partial charge < -0.3 is 26.6 Å². The summed E-state index contributed by atoms with van der Waals surface area (Å²) < 4.78 is 1.59. The van der Waals surface area contributed by atoms with E-state index in [1.807, 2.05) is 6.07 Å². The lowest BCUT2D eigenvalue weighted by Crippen LogP contribution is -2.46. The molecule has 3 aliphatic rings. The van der Waals surface area contributed by atoms with E-state index in [-0.39, 0.29) is 29.8 Å². The molecule has 4 heterocycles. The van der Waals surface area contributed by atoms with Crippen molar-refractivity contribution >= 4 is 46.3 Å². The van der Waals surface area contributed by atoms with E-state index < -0.39 is 0 Å². The van der Waals surface area contributed by atoms with E-state index in [2.05, 4.69) is 36.6 Å². The smallest absolute Gasteiger partial charge is 0.276 e. The number of aromatic nitrogens is 4. The molecule has 12 heteroatoms. The van der Waals surface area contributed by atoms with Crippen LogP contribution in [0.3, 0.4) is 0 Å². The maximum Gasteiger partial charge on any atom is 0.276 e. The minimum absolute atomic E-state index is 0.0834. The van der Waals surface area contributed by atoms with Crippen molar-refractivity contribution in [1.82, 2.24) is 30.2 Å². The zero-order valence-corrected chi connectivity index (χ0v) is 22.5. The number of rotatable bonds is 8. The topological polar surface area (TPSA) is 137 Å². The van der Waals surface area contributed by atoms with Gasteiger partial charge in [-0.15, -0.1) is 5.10 Å². The normalized spacial score (nSPS) is 23.3. The Kier molecular flexibility index (Phi) is 7.51. The van der Waals surface area contributed by atoms with Crippen molar-refractivity contribution in [2.45, 2.75) is 69.5 Å². The van der Waals surface area contributed by atoms with Gasteiger partial charge in [0, 0.05) is 42.6 Å². The van der Waals surface area contributed by atoms with Gasteiger partial charge in [-0.2, -0.15) is 0 Å². The Morgan fingerprint density at radius 2 is 1.74 bits per heavy atom. The molecule has 1 unspecified atom stereocenters. The highest BCUT2D eigenvalue weighted by molar-refractivity contribution is 6.29. The van der Waals surface area contributed by atoms with Gasteiger partial charge >= 0.3 is 0 Å². The highest BCUT2D eigenvalue weighted by Gasteiger charge is 2.28. The van der Waals surface area contributed by atoms with Gasteiger partial charge in [-0.05, 0) is 70.0 Å². The second kappa shape index (κ2) is 11.4. The van der Waals surface area contributed by atoms with Gasteiger partial charge in [0.1, 0.15) is 11.0 Å². The van der Waals surface area contributed by atoms with Crippen LogP contribution in [0.15, 0.2) is 30.6 Å². The first-order chi connectivity index (χ1) is 19.0. The van der Waals surface area contributed by atoms with Gasteiger partial charge in [0.15, 0.2) is 11.3 Å². The largest absolute Gasteiger partial charge is 0.379 e. The number of anilines is 3. The number of carbonyl (C=O) groups is 2. The number of nitrogens with zero attached hydrogens (tertiary/aromatic N) is 4. The molecule has 1 atom stereocenters.